The van der Waals surface area contributed by atoms with E-state index < -0.39 is 5.97 Å². The van der Waals surface area contributed by atoms with Crippen LogP contribution in [0.15, 0.2) is 34.9 Å². The third-order valence-electron chi connectivity index (χ3n) is 5.58. The normalized spacial score (nSPS) is 21.0. The van der Waals surface area contributed by atoms with Gasteiger partial charge in [0.05, 0.1) is 18.0 Å². The molecule has 1 saturated carbocycles. The van der Waals surface area contributed by atoms with Gasteiger partial charge >= 0.3 is 5.97 Å². The average molecular weight is 375 g/mol. The second-order valence-corrected chi connectivity index (χ2v) is 7.60. The van der Waals surface area contributed by atoms with Crippen molar-refractivity contribution in [3.05, 3.63) is 41.2 Å². The van der Waals surface area contributed by atoms with Crippen LogP contribution in [0.5, 0.6) is 0 Å². The molecule has 4 rings (SSSR count). The summed E-state index contributed by atoms with van der Waals surface area (Å²) in [4.78, 5) is 29.8. The molecule has 1 aliphatic carbocycles. The molecule has 1 aliphatic heterocycles. The Morgan fingerprint density at radius 3 is 2.58 bits per heavy atom. The second-order valence-electron chi connectivity index (χ2n) is 7.17. The second kappa shape index (κ2) is 6.43. The molecule has 1 unspecified atom stereocenters. The van der Waals surface area contributed by atoms with Crippen molar-refractivity contribution >= 4 is 23.5 Å². The highest BCUT2D eigenvalue weighted by atomic mass is 35.5. The Hall–Kier alpha value is -2.34. The van der Waals surface area contributed by atoms with Crippen molar-refractivity contribution in [2.45, 2.75) is 25.7 Å². The summed E-state index contributed by atoms with van der Waals surface area (Å²) in [7, 11) is 0. The summed E-state index contributed by atoms with van der Waals surface area (Å²) >= 11 is 5.88. The summed E-state index contributed by atoms with van der Waals surface area (Å²) in [6.45, 7) is 1.23. The number of nitrogens with zero attached hydrogens (tertiary/aromatic N) is 2. The van der Waals surface area contributed by atoms with E-state index in [9.17, 15) is 9.59 Å². The average Bonchev–Trinajstić information content (AvgIpc) is 3.13. The highest BCUT2D eigenvalue weighted by Gasteiger charge is 2.59. The topological polar surface area (TPSA) is 83.6 Å². The minimum atomic E-state index is -0.706. The fraction of sp³-hybridized carbons (Fsp3) is 0.421. The van der Waals surface area contributed by atoms with Gasteiger partial charge in [0.1, 0.15) is 6.26 Å². The Labute approximate surface area is 155 Å². The molecular formula is C19H19ClN2O4. The lowest BCUT2D eigenvalue weighted by Crippen LogP contribution is -2.40. The van der Waals surface area contributed by atoms with Gasteiger partial charge in [0, 0.05) is 23.7 Å². The third kappa shape index (κ3) is 3.21. The molecule has 0 radical (unpaired) electrons. The number of aliphatic carboxylic acids is 1. The number of amides is 1. The van der Waals surface area contributed by atoms with Gasteiger partial charge in [-0.2, -0.15) is 0 Å². The Bertz CT molecular complexity index is 837. The van der Waals surface area contributed by atoms with Crippen LogP contribution < -0.4 is 0 Å². The lowest BCUT2D eigenvalue weighted by atomic mass is 9.90. The van der Waals surface area contributed by atoms with Crippen LogP contribution >= 0.6 is 11.6 Å². The molecule has 2 fully saturated rings. The van der Waals surface area contributed by atoms with E-state index >= 15 is 0 Å². The van der Waals surface area contributed by atoms with E-state index in [1.807, 2.05) is 12.1 Å². The minimum Gasteiger partial charge on any atom is -0.481 e. The summed E-state index contributed by atoms with van der Waals surface area (Å²) in [6, 6.07) is 7.16. The van der Waals surface area contributed by atoms with Crippen LogP contribution in [0.3, 0.4) is 0 Å². The number of carboxylic acid groups (broad SMARTS) is 1. The van der Waals surface area contributed by atoms with Crippen molar-refractivity contribution in [3.8, 4) is 11.5 Å². The van der Waals surface area contributed by atoms with Gasteiger partial charge in [-0.3, -0.25) is 9.59 Å². The van der Waals surface area contributed by atoms with E-state index in [0.29, 0.717) is 29.7 Å². The number of rotatable bonds is 4. The molecule has 1 aromatic heterocycles. The molecule has 1 spiro atoms. The standard InChI is InChI=1S/C19H19ClN2O4/c20-13-3-1-12(2-4-13)17-21-14(11-26-17)9-16(23)22-7-5-19(6-8-22)10-15(19)18(24)25/h1-4,11,15H,5-10H2,(H,24,25). The number of hydrogen-bond donors (Lipinski definition) is 1. The van der Waals surface area contributed by atoms with Crippen LogP contribution in [-0.4, -0.2) is 40.0 Å². The fourth-order valence-electron chi connectivity index (χ4n) is 3.83. The van der Waals surface area contributed by atoms with Crippen LogP contribution in [0.2, 0.25) is 5.02 Å². The van der Waals surface area contributed by atoms with Gasteiger partial charge in [-0.1, -0.05) is 11.6 Å². The fourth-order valence-corrected chi connectivity index (χ4v) is 3.96. The maximum atomic E-state index is 12.5. The lowest BCUT2D eigenvalue weighted by Gasteiger charge is -2.32. The number of hydrogen-bond acceptors (Lipinski definition) is 4. The summed E-state index contributed by atoms with van der Waals surface area (Å²) < 4.78 is 5.47. The van der Waals surface area contributed by atoms with Gasteiger partial charge in [0.15, 0.2) is 0 Å². The zero-order valence-corrected chi connectivity index (χ0v) is 14.9. The van der Waals surface area contributed by atoms with Crippen LogP contribution in [0.1, 0.15) is 25.0 Å². The number of piperidine rings is 1. The zero-order chi connectivity index (χ0) is 18.3. The van der Waals surface area contributed by atoms with Crippen molar-refractivity contribution in [1.29, 1.82) is 0 Å². The predicted molar refractivity (Wildman–Crippen MR) is 94.6 cm³/mol. The first-order valence-corrected chi connectivity index (χ1v) is 9.06. The molecule has 0 bridgehead atoms. The highest BCUT2D eigenvalue weighted by Crippen LogP contribution is 2.59. The molecule has 6 nitrogen and oxygen atoms in total. The third-order valence-corrected chi connectivity index (χ3v) is 5.83. The van der Waals surface area contributed by atoms with Crippen molar-refractivity contribution in [3.63, 3.8) is 0 Å². The number of oxazole rings is 1. The number of carboxylic acids is 1. The highest BCUT2D eigenvalue weighted by molar-refractivity contribution is 6.30. The largest absolute Gasteiger partial charge is 0.481 e. The van der Waals surface area contributed by atoms with Gasteiger partial charge in [-0.05, 0) is 48.9 Å². The van der Waals surface area contributed by atoms with Gasteiger partial charge in [-0.25, -0.2) is 4.98 Å². The first-order valence-electron chi connectivity index (χ1n) is 8.68. The van der Waals surface area contributed by atoms with Crippen molar-refractivity contribution in [1.82, 2.24) is 9.88 Å². The van der Waals surface area contributed by atoms with Crippen LogP contribution in [-0.2, 0) is 16.0 Å². The zero-order valence-electron chi connectivity index (χ0n) is 14.2. The summed E-state index contributed by atoms with van der Waals surface area (Å²) in [5.41, 5.74) is 1.33. The van der Waals surface area contributed by atoms with Crippen LogP contribution in [0.25, 0.3) is 11.5 Å². The molecule has 1 amide bonds. The maximum Gasteiger partial charge on any atom is 0.307 e. The number of aromatic nitrogens is 1. The monoisotopic (exact) mass is 374 g/mol. The number of benzene rings is 1. The van der Waals surface area contributed by atoms with Gasteiger partial charge in [-0.15, -0.1) is 0 Å². The van der Waals surface area contributed by atoms with Crippen molar-refractivity contribution < 1.29 is 19.1 Å². The number of carbonyl (C=O) groups excluding carboxylic acids is 1. The molecule has 26 heavy (non-hydrogen) atoms. The first kappa shape index (κ1) is 17.1. The smallest absolute Gasteiger partial charge is 0.307 e. The summed E-state index contributed by atoms with van der Waals surface area (Å²) in [5.74, 6) is -0.466. The van der Waals surface area contributed by atoms with Gasteiger partial charge in [0.2, 0.25) is 11.8 Å². The van der Waals surface area contributed by atoms with Crippen molar-refractivity contribution in [2.75, 3.05) is 13.1 Å². The molecule has 136 valence electrons. The number of carbonyl (C=O) groups is 2. The molecule has 1 saturated heterocycles. The van der Waals surface area contributed by atoms with Gasteiger partial charge < -0.3 is 14.4 Å². The Morgan fingerprint density at radius 1 is 1.27 bits per heavy atom. The van der Waals surface area contributed by atoms with Crippen molar-refractivity contribution in [2.24, 2.45) is 11.3 Å². The molecule has 1 aromatic carbocycles. The molecule has 1 atom stereocenters. The summed E-state index contributed by atoms with van der Waals surface area (Å²) in [6.07, 6.45) is 3.98. The maximum absolute atomic E-state index is 12.5. The van der Waals surface area contributed by atoms with E-state index in [-0.39, 0.29) is 23.7 Å². The van der Waals surface area contributed by atoms with Gasteiger partial charge in [0.25, 0.3) is 0 Å². The lowest BCUT2D eigenvalue weighted by molar-refractivity contribution is -0.139. The molecule has 2 heterocycles. The quantitative estimate of drug-likeness (QED) is 0.888. The molecule has 2 aliphatic rings. The summed E-state index contributed by atoms with van der Waals surface area (Å²) in [5, 5.41) is 9.78. The Kier molecular flexibility index (Phi) is 4.23. The number of halogens is 1. The van der Waals surface area contributed by atoms with E-state index in [0.717, 1.165) is 24.8 Å². The van der Waals surface area contributed by atoms with E-state index in [1.54, 1.807) is 17.0 Å². The first-order chi connectivity index (χ1) is 12.5. The van der Waals surface area contributed by atoms with E-state index in [4.69, 9.17) is 21.1 Å². The van der Waals surface area contributed by atoms with E-state index in [2.05, 4.69) is 4.98 Å². The molecule has 7 heteroatoms. The van der Waals surface area contributed by atoms with Crippen LogP contribution in [0, 0.1) is 11.3 Å². The Balaban J connectivity index is 1.34. The Morgan fingerprint density at radius 2 is 1.96 bits per heavy atom. The minimum absolute atomic E-state index is 0.00308. The number of likely N-dealkylation sites (tertiary alicyclic amines) is 1. The van der Waals surface area contributed by atoms with E-state index in [1.165, 1.54) is 6.26 Å². The molecule has 1 N–H and O–H groups in total. The predicted octanol–water partition coefficient (Wildman–Crippen LogP) is 3.25. The SMILES string of the molecule is O=C(O)C1CC12CCN(C(=O)Cc1coc(-c3ccc(Cl)cc3)n1)CC2. The van der Waals surface area contributed by atoms with Crippen LogP contribution in [0.4, 0.5) is 0 Å². The molecule has 2 aromatic rings. The molecular weight excluding hydrogens is 356 g/mol.